The number of hydrogen-bond acceptors (Lipinski definition) is 2. The molecular weight excluding hydrogens is 164 g/mol. The molecule has 0 unspecified atom stereocenters. The van der Waals surface area contributed by atoms with Crippen molar-refractivity contribution >= 4 is 5.97 Å². The van der Waals surface area contributed by atoms with Crippen LogP contribution in [0.3, 0.4) is 0 Å². The first-order valence-electron chi connectivity index (χ1n) is 4.38. The first-order valence-corrected chi connectivity index (χ1v) is 4.38. The topological polar surface area (TPSA) is 40.1 Å². The summed E-state index contributed by atoms with van der Waals surface area (Å²) in [7, 11) is 0. The van der Waals surface area contributed by atoms with Gasteiger partial charge in [-0.3, -0.25) is 0 Å². The van der Waals surface area contributed by atoms with Crippen molar-refractivity contribution in [3.05, 3.63) is 35.4 Å². The molecule has 0 saturated heterocycles. The van der Waals surface area contributed by atoms with Crippen LogP contribution in [0, 0.1) is 0 Å². The Kier molecular flexibility index (Phi) is 3.07. The summed E-state index contributed by atoms with van der Waals surface area (Å²) < 4.78 is 0. The van der Waals surface area contributed by atoms with Crippen molar-refractivity contribution in [1.29, 1.82) is 0 Å². The van der Waals surface area contributed by atoms with Crippen LogP contribution < -0.4 is 5.11 Å². The molecule has 2 nitrogen and oxygen atoms in total. The van der Waals surface area contributed by atoms with Crippen LogP contribution in [0.5, 0.6) is 0 Å². The van der Waals surface area contributed by atoms with E-state index in [2.05, 4.69) is 13.8 Å². The van der Waals surface area contributed by atoms with Gasteiger partial charge in [0, 0.05) is 12.4 Å². The van der Waals surface area contributed by atoms with E-state index in [1.807, 2.05) is 24.3 Å². The van der Waals surface area contributed by atoms with Crippen LogP contribution in [-0.4, -0.2) is 5.97 Å². The van der Waals surface area contributed by atoms with Gasteiger partial charge in [0.1, 0.15) is 0 Å². The van der Waals surface area contributed by atoms with E-state index < -0.39 is 5.97 Å². The highest BCUT2D eigenvalue weighted by Crippen LogP contribution is 2.14. The molecule has 13 heavy (non-hydrogen) atoms. The average Bonchev–Trinajstić information content (AvgIpc) is 2.04. The lowest BCUT2D eigenvalue weighted by Crippen LogP contribution is -2.24. The molecule has 1 rings (SSSR count). The van der Waals surface area contributed by atoms with Crippen LogP contribution in [-0.2, 0) is 11.2 Å². The van der Waals surface area contributed by atoms with Crippen LogP contribution >= 0.6 is 0 Å². The van der Waals surface area contributed by atoms with E-state index in [0.717, 1.165) is 5.56 Å². The van der Waals surface area contributed by atoms with Crippen LogP contribution in [0.2, 0.25) is 0 Å². The van der Waals surface area contributed by atoms with Gasteiger partial charge < -0.3 is 9.90 Å². The van der Waals surface area contributed by atoms with Gasteiger partial charge in [0.05, 0.1) is 0 Å². The van der Waals surface area contributed by atoms with Gasteiger partial charge in [-0.1, -0.05) is 38.1 Å². The molecule has 0 fully saturated rings. The zero-order valence-electron chi connectivity index (χ0n) is 7.91. The van der Waals surface area contributed by atoms with E-state index in [9.17, 15) is 9.90 Å². The van der Waals surface area contributed by atoms with Crippen molar-refractivity contribution in [2.45, 2.75) is 26.2 Å². The standard InChI is InChI=1S/C11H14O2/c1-8(2)10-5-3-9(4-6-10)7-11(12)13/h3-6,8H,7H2,1-2H3,(H,12,13)/p-1. The van der Waals surface area contributed by atoms with Gasteiger partial charge in [0.15, 0.2) is 0 Å². The first-order chi connectivity index (χ1) is 6.09. The molecule has 2 heteroatoms. The van der Waals surface area contributed by atoms with E-state index in [1.165, 1.54) is 5.56 Å². The summed E-state index contributed by atoms with van der Waals surface area (Å²) in [5.74, 6) is -0.547. The number of carboxylic acids is 1. The third kappa shape index (κ3) is 2.90. The Morgan fingerprint density at radius 1 is 1.31 bits per heavy atom. The van der Waals surface area contributed by atoms with Crippen molar-refractivity contribution in [1.82, 2.24) is 0 Å². The zero-order valence-corrected chi connectivity index (χ0v) is 7.91. The summed E-state index contributed by atoms with van der Waals surface area (Å²) in [6, 6.07) is 7.60. The maximum atomic E-state index is 10.3. The number of aliphatic carboxylic acids is 1. The smallest absolute Gasteiger partial charge is 0.0458 e. The monoisotopic (exact) mass is 177 g/mol. The Bertz CT molecular complexity index is 285. The Morgan fingerprint density at radius 3 is 2.23 bits per heavy atom. The molecule has 0 aromatic heterocycles. The molecule has 0 radical (unpaired) electrons. The van der Waals surface area contributed by atoms with E-state index in [-0.39, 0.29) is 6.42 Å². The quantitative estimate of drug-likeness (QED) is 0.693. The minimum absolute atomic E-state index is 0.00161. The largest absolute Gasteiger partial charge is 0.550 e. The third-order valence-corrected chi connectivity index (χ3v) is 1.99. The minimum Gasteiger partial charge on any atom is -0.550 e. The summed E-state index contributed by atoms with van der Waals surface area (Å²) in [6.07, 6.45) is -0.00161. The van der Waals surface area contributed by atoms with Crippen molar-refractivity contribution in [3.63, 3.8) is 0 Å². The summed E-state index contributed by atoms with van der Waals surface area (Å²) in [4.78, 5) is 10.3. The van der Waals surface area contributed by atoms with Crippen LogP contribution in [0.15, 0.2) is 24.3 Å². The number of rotatable bonds is 3. The number of hydrogen-bond donors (Lipinski definition) is 0. The molecule has 0 saturated carbocycles. The highest BCUT2D eigenvalue weighted by atomic mass is 16.4. The summed E-state index contributed by atoms with van der Waals surface area (Å²) in [5.41, 5.74) is 2.02. The van der Waals surface area contributed by atoms with E-state index in [4.69, 9.17) is 0 Å². The van der Waals surface area contributed by atoms with Crippen molar-refractivity contribution in [2.24, 2.45) is 0 Å². The number of carboxylic acid groups (broad SMARTS) is 1. The van der Waals surface area contributed by atoms with Gasteiger partial charge in [-0.2, -0.15) is 0 Å². The predicted octanol–water partition coefficient (Wildman–Crippen LogP) is 1.10. The van der Waals surface area contributed by atoms with Gasteiger partial charge >= 0.3 is 0 Å². The number of carbonyl (C=O) groups excluding carboxylic acids is 1. The van der Waals surface area contributed by atoms with Gasteiger partial charge in [-0.05, 0) is 17.0 Å². The Balaban J connectivity index is 2.75. The lowest BCUT2D eigenvalue weighted by Gasteiger charge is -2.06. The minimum atomic E-state index is -1.03. The average molecular weight is 177 g/mol. The molecule has 0 aliphatic carbocycles. The van der Waals surface area contributed by atoms with Crippen LogP contribution in [0.4, 0.5) is 0 Å². The number of benzene rings is 1. The van der Waals surface area contributed by atoms with Crippen LogP contribution in [0.25, 0.3) is 0 Å². The maximum absolute atomic E-state index is 10.3. The fraction of sp³-hybridized carbons (Fsp3) is 0.364. The highest BCUT2D eigenvalue weighted by Gasteiger charge is 1.98. The van der Waals surface area contributed by atoms with Crippen molar-refractivity contribution in [3.8, 4) is 0 Å². The van der Waals surface area contributed by atoms with Crippen molar-refractivity contribution < 1.29 is 9.90 Å². The fourth-order valence-corrected chi connectivity index (χ4v) is 1.19. The molecule has 0 N–H and O–H groups in total. The van der Waals surface area contributed by atoms with Crippen LogP contribution in [0.1, 0.15) is 30.9 Å². The van der Waals surface area contributed by atoms with E-state index in [0.29, 0.717) is 5.92 Å². The normalized spacial score (nSPS) is 10.4. The lowest BCUT2D eigenvalue weighted by molar-refractivity contribution is -0.304. The lowest BCUT2D eigenvalue weighted by atomic mass is 10.0. The zero-order chi connectivity index (χ0) is 9.84. The maximum Gasteiger partial charge on any atom is 0.0458 e. The molecular formula is C11H13O2-. The Morgan fingerprint density at radius 2 is 1.85 bits per heavy atom. The summed E-state index contributed by atoms with van der Waals surface area (Å²) >= 11 is 0. The summed E-state index contributed by atoms with van der Waals surface area (Å²) in [5, 5.41) is 10.3. The number of carbonyl (C=O) groups is 1. The van der Waals surface area contributed by atoms with Crippen molar-refractivity contribution in [2.75, 3.05) is 0 Å². The molecule has 0 bridgehead atoms. The molecule has 0 heterocycles. The van der Waals surface area contributed by atoms with E-state index in [1.54, 1.807) is 0 Å². The fourth-order valence-electron chi connectivity index (χ4n) is 1.19. The molecule has 0 atom stereocenters. The van der Waals surface area contributed by atoms with Gasteiger partial charge in [-0.15, -0.1) is 0 Å². The van der Waals surface area contributed by atoms with Gasteiger partial charge in [0.25, 0.3) is 0 Å². The molecule has 70 valence electrons. The SMILES string of the molecule is CC(C)c1ccc(CC(=O)[O-])cc1. The predicted molar refractivity (Wildman–Crippen MR) is 49.2 cm³/mol. The first kappa shape index (κ1) is 9.78. The molecule has 1 aromatic carbocycles. The second kappa shape index (κ2) is 4.08. The molecule has 0 spiro atoms. The third-order valence-electron chi connectivity index (χ3n) is 1.99. The van der Waals surface area contributed by atoms with E-state index >= 15 is 0 Å². The molecule has 1 aromatic rings. The molecule has 0 aliphatic rings. The highest BCUT2D eigenvalue weighted by molar-refractivity contribution is 5.67. The molecule has 0 aliphatic heterocycles. The van der Waals surface area contributed by atoms with Gasteiger partial charge in [0.2, 0.25) is 0 Å². The second-order valence-electron chi connectivity index (χ2n) is 3.45. The summed E-state index contributed by atoms with van der Waals surface area (Å²) in [6.45, 7) is 4.21. The Labute approximate surface area is 78.2 Å². The Hall–Kier alpha value is -1.31. The van der Waals surface area contributed by atoms with Gasteiger partial charge in [-0.25, -0.2) is 0 Å². The molecule has 0 amide bonds. The second-order valence-corrected chi connectivity index (χ2v) is 3.45.